The average Bonchev–Trinajstić information content (AvgIpc) is 2.76. The van der Waals surface area contributed by atoms with Gasteiger partial charge in [-0.1, -0.05) is 35.9 Å². The van der Waals surface area contributed by atoms with E-state index in [1.165, 1.54) is 5.56 Å². The molecular formula is C15H18ClNOS. The van der Waals surface area contributed by atoms with Gasteiger partial charge in [-0.3, -0.25) is 0 Å². The molecule has 2 rings (SSSR count). The summed E-state index contributed by atoms with van der Waals surface area (Å²) in [6, 6.07) is 8.19. The van der Waals surface area contributed by atoms with Gasteiger partial charge in [-0.15, -0.1) is 11.3 Å². The zero-order valence-electron chi connectivity index (χ0n) is 11.2. The zero-order chi connectivity index (χ0) is 13.8. The van der Waals surface area contributed by atoms with E-state index in [0.29, 0.717) is 0 Å². The highest BCUT2D eigenvalue weighted by Gasteiger charge is 2.15. The van der Waals surface area contributed by atoms with Gasteiger partial charge in [-0.05, 0) is 35.4 Å². The van der Waals surface area contributed by atoms with Crippen LogP contribution in [0.5, 0.6) is 0 Å². The Morgan fingerprint density at radius 1 is 1.32 bits per heavy atom. The van der Waals surface area contributed by atoms with E-state index in [1.807, 2.05) is 12.3 Å². The lowest BCUT2D eigenvalue weighted by atomic mass is 10.0. The monoisotopic (exact) mass is 295 g/mol. The Balaban J connectivity index is 2.15. The van der Waals surface area contributed by atoms with Gasteiger partial charge in [-0.2, -0.15) is 0 Å². The molecule has 4 heteroatoms. The Bertz CT molecular complexity index is 536. The number of thiophene rings is 1. The van der Waals surface area contributed by atoms with Gasteiger partial charge < -0.3 is 10.5 Å². The van der Waals surface area contributed by atoms with Crippen molar-refractivity contribution in [1.82, 2.24) is 0 Å². The zero-order valence-corrected chi connectivity index (χ0v) is 12.7. The normalized spacial score (nSPS) is 12.6. The standard InChI is InChI=1S/C15H18ClNOS/c1-10-9-19-15(13(10)16)14(17)12-5-3-11(4-6-12)7-8-18-2/h3-6,9,14H,7-8,17H2,1-2H3. The summed E-state index contributed by atoms with van der Waals surface area (Å²) in [4.78, 5) is 1.03. The maximum Gasteiger partial charge on any atom is 0.0661 e. The molecule has 0 bridgehead atoms. The molecule has 19 heavy (non-hydrogen) atoms. The molecule has 1 aromatic heterocycles. The molecule has 1 unspecified atom stereocenters. The van der Waals surface area contributed by atoms with E-state index >= 15 is 0 Å². The Labute approximate surface area is 123 Å². The predicted molar refractivity (Wildman–Crippen MR) is 82.1 cm³/mol. The predicted octanol–water partition coefficient (Wildman–Crippen LogP) is 3.95. The molecule has 0 aliphatic rings. The number of rotatable bonds is 5. The Morgan fingerprint density at radius 2 is 2.00 bits per heavy atom. The highest BCUT2D eigenvalue weighted by molar-refractivity contribution is 7.10. The largest absolute Gasteiger partial charge is 0.384 e. The smallest absolute Gasteiger partial charge is 0.0661 e. The molecular weight excluding hydrogens is 278 g/mol. The lowest BCUT2D eigenvalue weighted by molar-refractivity contribution is 0.202. The van der Waals surface area contributed by atoms with Crippen LogP contribution in [0.3, 0.4) is 0 Å². The van der Waals surface area contributed by atoms with Crippen LogP contribution in [0.25, 0.3) is 0 Å². The van der Waals surface area contributed by atoms with Crippen LogP contribution in [-0.2, 0) is 11.2 Å². The molecule has 0 radical (unpaired) electrons. The number of aryl methyl sites for hydroxylation is 1. The Hall–Kier alpha value is -0.870. The first kappa shape index (κ1) is 14.5. The average molecular weight is 296 g/mol. The second-order valence-corrected chi connectivity index (χ2v) is 5.85. The molecule has 2 aromatic rings. The fourth-order valence-corrected chi connectivity index (χ4v) is 3.26. The first-order valence-corrected chi connectivity index (χ1v) is 7.46. The van der Waals surface area contributed by atoms with E-state index in [0.717, 1.165) is 34.1 Å². The number of halogens is 1. The van der Waals surface area contributed by atoms with Crippen LogP contribution in [0, 0.1) is 6.92 Å². The Kier molecular flexibility index (Phi) is 4.99. The van der Waals surface area contributed by atoms with Crippen LogP contribution in [0.15, 0.2) is 29.6 Å². The van der Waals surface area contributed by atoms with E-state index < -0.39 is 0 Å². The van der Waals surface area contributed by atoms with Crippen molar-refractivity contribution in [2.75, 3.05) is 13.7 Å². The van der Waals surface area contributed by atoms with Crippen molar-refractivity contribution in [3.8, 4) is 0 Å². The van der Waals surface area contributed by atoms with Gasteiger partial charge in [0, 0.05) is 12.0 Å². The number of benzene rings is 1. The summed E-state index contributed by atoms with van der Waals surface area (Å²) in [7, 11) is 1.71. The van der Waals surface area contributed by atoms with Crippen molar-refractivity contribution >= 4 is 22.9 Å². The summed E-state index contributed by atoms with van der Waals surface area (Å²) in [5.74, 6) is 0. The number of ether oxygens (including phenoxy) is 1. The molecule has 1 aromatic carbocycles. The van der Waals surface area contributed by atoms with Crippen molar-refractivity contribution in [1.29, 1.82) is 0 Å². The number of methoxy groups -OCH3 is 1. The fourth-order valence-electron chi connectivity index (χ4n) is 1.92. The molecule has 0 saturated heterocycles. The minimum atomic E-state index is -0.150. The van der Waals surface area contributed by atoms with E-state index in [-0.39, 0.29) is 6.04 Å². The third-order valence-electron chi connectivity index (χ3n) is 3.14. The van der Waals surface area contributed by atoms with Crippen LogP contribution < -0.4 is 5.73 Å². The summed E-state index contributed by atoms with van der Waals surface area (Å²) in [6.45, 7) is 2.74. The topological polar surface area (TPSA) is 35.2 Å². The molecule has 1 atom stereocenters. The highest BCUT2D eigenvalue weighted by atomic mass is 35.5. The first-order valence-electron chi connectivity index (χ1n) is 6.20. The van der Waals surface area contributed by atoms with Gasteiger partial charge in [0.25, 0.3) is 0 Å². The second-order valence-electron chi connectivity index (χ2n) is 4.56. The van der Waals surface area contributed by atoms with Crippen LogP contribution in [-0.4, -0.2) is 13.7 Å². The second kappa shape index (κ2) is 6.53. The van der Waals surface area contributed by atoms with Crippen molar-refractivity contribution in [3.63, 3.8) is 0 Å². The molecule has 0 spiro atoms. The lowest BCUT2D eigenvalue weighted by Gasteiger charge is -2.12. The van der Waals surface area contributed by atoms with Crippen LogP contribution in [0.1, 0.15) is 27.6 Å². The van der Waals surface area contributed by atoms with Gasteiger partial charge in [0.2, 0.25) is 0 Å². The number of hydrogen-bond acceptors (Lipinski definition) is 3. The van der Waals surface area contributed by atoms with Gasteiger partial charge >= 0.3 is 0 Å². The minimum Gasteiger partial charge on any atom is -0.384 e. The van der Waals surface area contributed by atoms with Crippen molar-refractivity contribution in [2.45, 2.75) is 19.4 Å². The number of nitrogens with two attached hydrogens (primary N) is 1. The lowest BCUT2D eigenvalue weighted by Crippen LogP contribution is -2.10. The van der Waals surface area contributed by atoms with Crippen molar-refractivity contribution in [2.24, 2.45) is 5.73 Å². The van der Waals surface area contributed by atoms with E-state index in [1.54, 1.807) is 18.4 Å². The van der Waals surface area contributed by atoms with E-state index in [4.69, 9.17) is 22.1 Å². The fraction of sp³-hybridized carbons (Fsp3) is 0.333. The molecule has 0 amide bonds. The molecule has 2 N–H and O–H groups in total. The molecule has 102 valence electrons. The van der Waals surface area contributed by atoms with E-state index in [2.05, 4.69) is 24.3 Å². The summed E-state index contributed by atoms with van der Waals surface area (Å²) >= 11 is 7.89. The maximum atomic E-state index is 6.28. The third-order valence-corrected chi connectivity index (χ3v) is 4.94. The molecule has 0 fully saturated rings. The molecule has 0 aliphatic heterocycles. The third kappa shape index (κ3) is 3.37. The summed E-state index contributed by atoms with van der Waals surface area (Å²) < 4.78 is 5.07. The summed E-state index contributed by atoms with van der Waals surface area (Å²) in [5.41, 5.74) is 9.72. The molecule has 2 nitrogen and oxygen atoms in total. The number of hydrogen-bond donors (Lipinski definition) is 1. The van der Waals surface area contributed by atoms with Crippen LogP contribution >= 0.6 is 22.9 Å². The van der Waals surface area contributed by atoms with E-state index in [9.17, 15) is 0 Å². The maximum absolute atomic E-state index is 6.28. The highest BCUT2D eigenvalue weighted by Crippen LogP contribution is 2.34. The summed E-state index contributed by atoms with van der Waals surface area (Å²) in [6.07, 6.45) is 0.922. The molecule has 1 heterocycles. The Morgan fingerprint density at radius 3 is 2.53 bits per heavy atom. The van der Waals surface area contributed by atoms with Crippen molar-refractivity contribution < 1.29 is 4.74 Å². The van der Waals surface area contributed by atoms with Gasteiger partial charge in [0.05, 0.1) is 17.7 Å². The molecule has 0 saturated carbocycles. The minimum absolute atomic E-state index is 0.150. The quantitative estimate of drug-likeness (QED) is 0.906. The van der Waals surface area contributed by atoms with Crippen molar-refractivity contribution in [3.05, 3.63) is 56.2 Å². The first-order chi connectivity index (χ1) is 9.13. The van der Waals surface area contributed by atoms with Crippen LogP contribution in [0.2, 0.25) is 5.02 Å². The summed E-state index contributed by atoms with van der Waals surface area (Å²) in [5, 5.41) is 2.84. The van der Waals surface area contributed by atoms with Gasteiger partial charge in [-0.25, -0.2) is 0 Å². The van der Waals surface area contributed by atoms with Gasteiger partial charge in [0.15, 0.2) is 0 Å². The molecule has 0 aliphatic carbocycles. The van der Waals surface area contributed by atoms with Crippen LogP contribution in [0.4, 0.5) is 0 Å². The SMILES string of the molecule is COCCc1ccc(C(N)c2scc(C)c2Cl)cc1. The van der Waals surface area contributed by atoms with Gasteiger partial charge in [0.1, 0.15) is 0 Å².